The van der Waals surface area contributed by atoms with Crippen molar-refractivity contribution in [3.63, 3.8) is 0 Å². The molecule has 0 heterocycles. The summed E-state index contributed by atoms with van der Waals surface area (Å²) in [6, 6.07) is -0.0223. The smallest absolute Gasteiger partial charge is 0.356 e. The van der Waals surface area contributed by atoms with E-state index in [4.69, 9.17) is 0 Å². The van der Waals surface area contributed by atoms with Crippen molar-refractivity contribution in [1.29, 1.82) is 0 Å². The Balaban J connectivity index is 2.13. The van der Waals surface area contributed by atoms with Gasteiger partial charge in [-0.05, 0) is 12.8 Å². The van der Waals surface area contributed by atoms with E-state index < -0.39 is 12.6 Å². The normalized spacial score (nSPS) is 23.8. The number of amides is 2. The molecule has 7 heteroatoms. The van der Waals surface area contributed by atoms with E-state index in [1.165, 1.54) is 6.92 Å². The molecule has 0 aliphatic heterocycles. The third kappa shape index (κ3) is 5.06. The Morgan fingerprint density at radius 2 is 1.88 bits per heavy atom. The molecule has 0 unspecified atom stereocenters. The second-order valence-electron chi connectivity index (χ2n) is 4.22. The number of alkyl halides is 3. The van der Waals surface area contributed by atoms with Gasteiger partial charge in [-0.25, -0.2) is 0 Å². The standard InChI is InChI=1S/C10H15F3N2O2/c1-6(16)15-8-4-7(5-8)9(17)14-3-2-10(11,12)13/h7-8H,2-5H2,1H3,(H,14,17)(H,15,16)/t7-,8-. The number of nitrogens with one attached hydrogen (secondary N) is 2. The number of carbonyl (C=O) groups excluding carboxylic acids is 2. The summed E-state index contributed by atoms with van der Waals surface area (Å²) >= 11 is 0. The maximum atomic E-state index is 11.8. The molecule has 0 atom stereocenters. The zero-order valence-corrected chi connectivity index (χ0v) is 9.43. The van der Waals surface area contributed by atoms with Crippen LogP contribution in [0.2, 0.25) is 0 Å². The van der Waals surface area contributed by atoms with Crippen LogP contribution < -0.4 is 10.6 Å². The average Bonchev–Trinajstić information content (AvgIpc) is 2.07. The van der Waals surface area contributed by atoms with Gasteiger partial charge in [-0.1, -0.05) is 0 Å². The minimum Gasteiger partial charge on any atom is -0.356 e. The first kappa shape index (κ1) is 13.8. The third-order valence-corrected chi connectivity index (χ3v) is 2.62. The van der Waals surface area contributed by atoms with Crippen LogP contribution in [-0.4, -0.2) is 30.6 Å². The van der Waals surface area contributed by atoms with Crippen molar-refractivity contribution in [1.82, 2.24) is 10.6 Å². The van der Waals surface area contributed by atoms with Crippen molar-refractivity contribution < 1.29 is 22.8 Å². The largest absolute Gasteiger partial charge is 0.390 e. The van der Waals surface area contributed by atoms with Gasteiger partial charge in [0.05, 0.1) is 6.42 Å². The molecule has 0 spiro atoms. The first-order valence-corrected chi connectivity index (χ1v) is 5.39. The monoisotopic (exact) mass is 252 g/mol. The molecular formula is C10H15F3N2O2. The second kappa shape index (κ2) is 5.37. The third-order valence-electron chi connectivity index (χ3n) is 2.62. The molecule has 1 saturated carbocycles. The summed E-state index contributed by atoms with van der Waals surface area (Å²) < 4.78 is 35.4. The van der Waals surface area contributed by atoms with Crippen LogP contribution in [-0.2, 0) is 9.59 Å². The Morgan fingerprint density at radius 1 is 1.29 bits per heavy atom. The molecule has 0 bridgehead atoms. The maximum absolute atomic E-state index is 11.8. The van der Waals surface area contributed by atoms with E-state index in [-0.39, 0.29) is 30.3 Å². The lowest BCUT2D eigenvalue weighted by molar-refractivity contribution is -0.138. The minimum atomic E-state index is -4.24. The molecule has 1 aliphatic carbocycles. The van der Waals surface area contributed by atoms with Gasteiger partial charge in [-0.15, -0.1) is 0 Å². The van der Waals surface area contributed by atoms with E-state index in [2.05, 4.69) is 10.6 Å². The topological polar surface area (TPSA) is 58.2 Å². The lowest BCUT2D eigenvalue weighted by Crippen LogP contribution is -2.49. The summed E-state index contributed by atoms with van der Waals surface area (Å²) in [5.74, 6) is -0.804. The van der Waals surface area contributed by atoms with Gasteiger partial charge in [0.2, 0.25) is 11.8 Å². The van der Waals surface area contributed by atoms with E-state index in [1.807, 2.05) is 0 Å². The Labute approximate surface area is 96.9 Å². The van der Waals surface area contributed by atoms with E-state index in [1.54, 1.807) is 0 Å². The van der Waals surface area contributed by atoms with Crippen LogP contribution in [0, 0.1) is 5.92 Å². The van der Waals surface area contributed by atoms with Crippen molar-refractivity contribution in [2.45, 2.75) is 38.4 Å². The fourth-order valence-corrected chi connectivity index (χ4v) is 1.71. The van der Waals surface area contributed by atoms with Gasteiger partial charge in [0, 0.05) is 25.4 Å². The summed E-state index contributed by atoms with van der Waals surface area (Å²) in [7, 11) is 0. The van der Waals surface area contributed by atoms with E-state index in [0.717, 1.165) is 0 Å². The highest BCUT2D eigenvalue weighted by Gasteiger charge is 2.35. The highest BCUT2D eigenvalue weighted by molar-refractivity contribution is 5.80. The van der Waals surface area contributed by atoms with Gasteiger partial charge in [-0.3, -0.25) is 9.59 Å². The Bertz CT molecular complexity index is 298. The molecule has 1 aliphatic rings. The van der Waals surface area contributed by atoms with Crippen molar-refractivity contribution in [2.75, 3.05) is 6.54 Å². The molecule has 2 amide bonds. The fraction of sp³-hybridized carbons (Fsp3) is 0.800. The summed E-state index contributed by atoms with van der Waals surface area (Å²) in [6.45, 7) is 1.00. The van der Waals surface area contributed by atoms with Crippen LogP contribution in [0.25, 0.3) is 0 Å². The zero-order chi connectivity index (χ0) is 13.1. The SMILES string of the molecule is CC(=O)N[C@H]1C[C@H](C(=O)NCCC(F)(F)F)C1. The molecule has 4 nitrogen and oxygen atoms in total. The van der Waals surface area contributed by atoms with E-state index in [0.29, 0.717) is 12.8 Å². The van der Waals surface area contributed by atoms with Gasteiger partial charge in [0.15, 0.2) is 0 Å². The van der Waals surface area contributed by atoms with Gasteiger partial charge in [0.25, 0.3) is 0 Å². The molecule has 0 radical (unpaired) electrons. The van der Waals surface area contributed by atoms with E-state index >= 15 is 0 Å². The molecule has 2 N–H and O–H groups in total. The molecule has 0 saturated heterocycles. The second-order valence-corrected chi connectivity index (χ2v) is 4.22. The molecule has 1 fully saturated rings. The lowest BCUT2D eigenvalue weighted by Gasteiger charge is -2.34. The average molecular weight is 252 g/mol. The van der Waals surface area contributed by atoms with Gasteiger partial charge in [0.1, 0.15) is 0 Å². The number of hydrogen-bond donors (Lipinski definition) is 2. The molecule has 0 aromatic heterocycles. The predicted molar refractivity (Wildman–Crippen MR) is 54.0 cm³/mol. The fourth-order valence-electron chi connectivity index (χ4n) is 1.71. The Morgan fingerprint density at radius 3 is 2.35 bits per heavy atom. The highest BCUT2D eigenvalue weighted by atomic mass is 19.4. The predicted octanol–water partition coefficient (Wildman–Crippen LogP) is 0.970. The Kier molecular flexibility index (Phi) is 4.36. The van der Waals surface area contributed by atoms with E-state index in [9.17, 15) is 22.8 Å². The van der Waals surface area contributed by atoms with Crippen molar-refractivity contribution >= 4 is 11.8 Å². The maximum Gasteiger partial charge on any atom is 0.390 e. The van der Waals surface area contributed by atoms with Gasteiger partial charge >= 0.3 is 6.18 Å². The molecule has 17 heavy (non-hydrogen) atoms. The van der Waals surface area contributed by atoms with Crippen LogP contribution >= 0.6 is 0 Å². The van der Waals surface area contributed by atoms with Gasteiger partial charge in [-0.2, -0.15) is 13.2 Å². The lowest BCUT2D eigenvalue weighted by atomic mass is 9.79. The number of hydrogen-bond acceptors (Lipinski definition) is 2. The van der Waals surface area contributed by atoms with Gasteiger partial charge < -0.3 is 10.6 Å². The molecule has 1 rings (SSSR count). The summed E-state index contributed by atoms with van der Waals surface area (Å²) in [5, 5.41) is 4.89. The molecule has 98 valence electrons. The molecular weight excluding hydrogens is 237 g/mol. The van der Waals surface area contributed by atoms with Crippen LogP contribution in [0.1, 0.15) is 26.2 Å². The quantitative estimate of drug-likeness (QED) is 0.783. The zero-order valence-electron chi connectivity index (χ0n) is 9.43. The number of carbonyl (C=O) groups is 2. The summed E-state index contributed by atoms with van der Waals surface area (Å²) in [6.07, 6.45) is -4.26. The number of halogens is 3. The van der Waals surface area contributed by atoms with Crippen LogP contribution in [0.5, 0.6) is 0 Å². The highest BCUT2D eigenvalue weighted by Crippen LogP contribution is 2.27. The van der Waals surface area contributed by atoms with Crippen molar-refractivity contribution in [3.8, 4) is 0 Å². The van der Waals surface area contributed by atoms with Crippen molar-refractivity contribution in [3.05, 3.63) is 0 Å². The van der Waals surface area contributed by atoms with Crippen LogP contribution in [0.3, 0.4) is 0 Å². The Hall–Kier alpha value is -1.27. The van der Waals surface area contributed by atoms with Crippen molar-refractivity contribution in [2.24, 2.45) is 5.92 Å². The molecule has 0 aromatic carbocycles. The van der Waals surface area contributed by atoms with Crippen LogP contribution in [0.4, 0.5) is 13.2 Å². The first-order chi connectivity index (χ1) is 7.78. The van der Waals surface area contributed by atoms with Crippen LogP contribution in [0.15, 0.2) is 0 Å². The molecule has 0 aromatic rings. The first-order valence-electron chi connectivity index (χ1n) is 5.39. The number of rotatable bonds is 4. The summed E-state index contributed by atoms with van der Waals surface area (Å²) in [4.78, 5) is 22.0. The minimum absolute atomic E-state index is 0.0223. The summed E-state index contributed by atoms with van der Waals surface area (Å²) in [5.41, 5.74) is 0.